The number of hydrogen-bond donors (Lipinski definition) is 0. The van der Waals surface area contributed by atoms with Gasteiger partial charge in [-0.2, -0.15) is 17.5 Å². The van der Waals surface area contributed by atoms with Crippen molar-refractivity contribution in [3.63, 3.8) is 0 Å². The zero-order chi connectivity index (χ0) is 18.4. The van der Waals surface area contributed by atoms with E-state index >= 15 is 0 Å². The number of rotatable bonds is 3. The fourth-order valence-electron chi connectivity index (χ4n) is 2.66. The average Bonchev–Trinajstić information content (AvgIpc) is 3.14. The first-order valence-electron chi connectivity index (χ1n) is 7.44. The van der Waals surface area contributed by atoms with Crippen LogP contribution in [0.3, 0.4) is 0 Å². The van der Waals surface area contributed by atoms with E-state index in [1.165, 1.54) is 15.6 Å². The molecule has 0 radical (unpaired) electrons. The van der Waals surface area contributed by atoms with Crippen molar-refractivity contribution in [3.8, 4) is 0 Å². The van der Waals surface area contributed by atoms with Crippen LogP contribution in [-0.2, 0) is 16.2 Å². The lowest BCUT2D eigenvalue weighted by molar-refractivity contribution is -0.134. The van der Waals surface area contributed by atoms with Crippen LogP contribution in [0.15, 0.2) is 17.2 Å². The first-order chi connectivity index (χ1) is 11.6. The number of aryl methyl sites for hydroxylation is 2. The molecule has 0 N–H and O–H groups in total. The minimum Gasteiger partial charge on any atom is -0.345 e. The molecule has 11 heteroatoms. The zero-order valence-corrected chi connectivity index (χ0v) is 15.9. The van der Waals surface area contributed by atoms with Gasteiger partial charge in [-0.05, 0) is 19.9 Å². The summed E-state index contributed by atoms with van der Waals surface area (Å²) in [6, 6.07) is 1.66. The highest BCUT2D eigenvalue weighted by atomic mass is 32.2. The van der Waals surface area contributed by atoms with Gasteiger partial charge in [0, 0.05) is 35.9 Å². The second-order valence-corrected chi connectivity index (χ2v) is 10.0. The Morgan fingerprint density at radius 1 is 1.12 bits per heavy atom. The van der Waals surface area contributed by atoms with Gasteiger partial charge in [0.2, 0.25) is 10.0 Å². The molecule has 1 saturated heterocycles. The van der Waals surface area contributed by atoms with Gasteiger partial charge in [0.25, 0.3) is 0 Å². The number of thiazole rings is 1. The lowest BCUT2D eigenvalue weighted by atomic mass is 10.4. The topological polar surface area (TPSA) is 53.5 Å². The van der Waals surface area contributed by atoms with Gasteiger partial charge < -0.3 is 4.90 Å². The highest BCUT2D eigenvalue weighted by molar-refractivity contribution is 7.89. The quantitative estimate of drug-likeness (QED) is 0.777. The van der Waals surface area contributed by atoms with Crippen LogP contribution >= 0.6 is 22.7 Å². The van der Waals surface area contributed by atoms with Crippen LogP contribution in [0.2, 0.25) is 0 Å². The molecule has 0 bridgehead atoms. The van der Waals surface area contributed by atoms with E-state index in [1.54, 1.807) is 17.9 Å². The van der Waals surface area contributed by atoms with Gasteiger partial charge in [-0.25, -0.2) is 13.4 Å². The predicted octanol–water partition coefficient (Wildman–Crippen LogP) is 3.35. The van der Waals surface area contributed by atoms with Crippen molar-refractivity contribution in [2.75, 3.05) is 31.1 Å². The van der Waals surface area contributed by atoms with Crippen LogP contribution < -0.4 is 4.90 Å². The van der Waals surface area contributed by atoms with Gasteiger partial charge in [-0.3, -0.25) is 0 Å². The lowest BCUT2D eigenvalue weighted by Gasteiger charge is -2.33. The summed E-state index contributed by atoms with van der Waals surface area (Å²) in [7, 11) is -3.58. The van der Waals surface area contributed by atoms with E-state index in [0.717, 1.165) is 16.0 Å². The Labute approximate surface area is 151 Å². The number of hydrogen-bond acceptors (Lipinski definition) is 6. The van der Waals surface area contributed by atoms with E-state index in [0.29, 0.717) is 29.3 Å². The summed E-state index contributed by atoms with van der Waals surface area (Å²) in [6.07, 6.45) is -3.59. The summed E-state index contributed by atoms with van der Waals surface area (Å²) >= 11 is 2.01. The molecule has 1 aliphatic heterocycles. The molecular formula is C14H16F3N3O2S3. The maximum Gasteiger partial charge on any atom is 0.427 e. The number of alkyl halides is 3. The van der Waals surface area contributed by atoms with Gasteiger partial charge in [0.05, 0.1) is 11.1 Å². The number of aromatic nitrogens is 1. The van der Waals surface area contributed by atoms with Crippen LogP contribution in [0.25, 0.3) is 0 Å². The molecule has 0 saturated carbocycles. The van der Waals surface area contributed by atoms with Crippen molar-refractivity contribution >= 4 is 37.8 Å². The molecule has 0 spiro atoms. The number of nitrogens with zero attached hydrogens (tertiary/aromatic N) is 3. The third kappa shape index (κ3) is 3.69. The van der Waals surface area contributed by atoms with E-state index in [9.17, 15) is 21.6 Å². The fourth-order valence-corrected chi connectivity index (χ4v) is 6.45. The van der Waals surface area contributed by atoms with Crippen LogP contribution in [0.5, 0.6) is 0 Å². The van der Waals surface area contributed by atoms with Gasteiger partial charge in [-0.15, -0.1) is 11.3 Å². The maximum atomic E-state index is 12.8. The van der Waals surface area contributed by atoms with Crippen molar-refractivity contribution in [2.24, 2.45) is 0 Å². The molecule has 2 aromatic rings. The minimum atomic E-state index is -4.41. The molecule has 0 aromatic carbocycles. The number of thiophene rings is 1. The van der Waals surface area contributed by atoms with Crippen molar-refractivity contribution < 1.29 is 21.6 Å². The molecule has 0 amide bonds. The fraction of sp³-hybridized carbons (Fsp3) is 0.500. The number of anilines is 1. The normalized spacial score (nSPS) is 17.2. The summed E-state index contributed by atoms with van der Waals surface area (Å²) in [5, 5.41) is 0.270. The zero-order valence-electron chi connectivity index (χ0n) is 13.5. The molecule has 0 atom stereocenters. The van der Waals surface area contributed by atoms with Crippen LogP contribution in [0.4, 0.5) is 18.3 Å². The molecule has 25 heavy (non-hydrogen) atoms. The van der Waals surface area contributed by atoms with Crippen LogP contribution in [0.1, 0.15) is 14.6 Å². The molecule has 0 aliphatic carbocycles. The van der Waals surface area contributed by atoms with Crippen LogP contribution in [-0.4, -0.2) is 43.9 Å². The van der Waals surface area contributed by atoms with Gasteiger partial charge in [0.15, 0.2) is 5.13 Å². The van der Waals surface area contributed by atoms with Gasteiger partial charge >= 0.3 is 6.18 Å². The summed E-state index contributed by atoms with van der Waals surface area (Å²) in [6.45, 7) is 4.69. The lowest BCUT2D eigenvalue weighted by Crippen LogP contribution is -2.48. The molecule has 0 unspecified atom stereocenters. The Kier molecular flexibility index (Phi) is 4.86. The number of piperazine rings is 1. The summed E-state index contributed by atoms with van der Waals surface area (Å²) < 4.78 is 64.9. The number of halogens is 3. The minimum absolute atomic E-state index is 0.220. The maximum absolute atomic E-state index is 12.8. The van der Waals surface area contributed by atoms with Crippen molar-refractivity contribution in [1.29, 1.82) is 0 Å². The molecule has 5 nitrogen and oxygen atoms in total. The third-order valence-electron chi connectivity index (χ3n) is 3.90. The predicted molar refractivity (Wildman–Crippen MR) is 91.9 cm³/mol. The third-order valence-corrected chi connectivity index (χ3v) is 8.12. The van der Waals surface area contributed by atoms with Crippen LogP contribution in [0, 0.1) is 13.8 Å². The summed E-state index contributed by atoms with van der Waals surface area (Å²) in [5.74, 6) is 0. The first kappa shape index (κ1) is 18.6. The van der Waals surface area contributed by atoms with Crippen molar-refractivity contribution in [1.82, 2.24) is 9.29 Å². The van der Waals surface area contributed by atoms with E-state index < -0.39 is 21.1 Å². The second-order valence-electron chi connectivity index (χ2n) is 5.67. The number of sulfonamides is 1. The van der Waals surface area contributed by atoms with E-state index in [1.807, 2.05) is 6.92 Å². The van der Waals surface area contributed by atoms with Gasteiger partial charge in [0.1, 0.15) is 4.88 Å². The molecule has 3 heterocycles. The van der Waals surface area contributed by atoms with E-state index in [-0.39, 0.29) is 18.2 Å². The Morgan fingerprint density at radius 3 is 2.24 bits per heavy atom. The Morgan fingerprint density at radius 2 is 1.76 bits per heavy atom. The van der Waals surface area contributed by atoms with E-state index in [4.69, 9.17) is 0 Å². The first-order valence-corrected chi connectivity index (χ1v) is 10.5. The Hall–Kier alpha value is -1.17. The monoisotopic (exact) mass is 411 g/mol. The highest BCUT2D eigenvalue weighted by Gasteiger charge is 2.35. The molecule has 1 aliphatic rings. The summed E-state index contributed by atoms with van der Waals surface area (Å²) in [4.78, 5) is 6.76. The van der Waals surface area contributed by atoms with E-state index in [2.05, 4.69) is 4.98 Å². The largest absolute Gasteiger partial charge is 0.427 e. The van der Waals surface area contributed by atoms with Crippen molar-refractivity contribution in [2.45, 2.75) is 24.9 Å². The average molecular weight is 411 g/mol. The SMILES string of the molecule is Cc1cc(S(=O)(=O)N2CCN(c3ncc(C(F)(F)F)s3)CC2)c(C)s1. The standard InChI is InChI=1S/C14H16F3N3O2S3/c1-9-7-11(10(2)23-9)25(21,22)20-5-3-19(4-6-20)13-18-8-12(24-13)14(15,16)17/h7-8H,3-6H2,1-2H3. The Balaban J connectivity index is 1.71. The van der Waals surface area contributed by atoms with Gasteiger partial charge in [-0.1, -0.05) is 11.3 Å². The summed E-state index contributed by atoms with van der Waals surface area (Å²) in [5.41, 5.74) is 0. The Bertz CT molecular complexity index is 866. The highest BCUT2D eigenvalue weighted by Crippen LogP contribution is 2.36. The molecular weight excluding hydrogens is 395 g/mol. The molecule has 138 valence electrons. The van der Waals surface area contributed by atoms with Crippen molar-refractivity contribution in [3.05, 3.63) is 26.9 Å². The molecule has 1 fully saturated rings. The second kappa shape index (κ2) is 6.53. The smallest absolute Gasteiger partial charge is 0.345 e. The molecule has 2 aromatic heterocycles. The molecule has 3 rings (SSSR count).